The Hall–Kier alpha value is -4.14. The van der Waals surface area contributed by atoms with E-state index < -0.39 is 18.0 Å². The smallest absolute Gasteiger partial charge is 0.252 e. The van der Waals surface area contributed by atoms with Gasteiger partial charge in [0.15, 0.2) is 23.0 Å². The van der Waals surface area contributed by atoms with Crippen LogP contribution < -0.4 is 33.9 Å². The summed E-state index contributed by atoms with van der Waals surface area (Å²) in [7, 11) is 6.03. The Bertz CT molecular complexity index is 1070. The number of benzene rings is 2. The van der Waals surface area contributed by atoms with Gasteiger partial charge in [-0.25, -0.2) is 0 Å². The third-order valence-electron chi connectivity index (χ3n) is 5.39. The van der Waals surface area contributed by atoms with Gasteiger partial charge >= 0.3 is 0 Å². The Kier molecular flexibility index (Phi) is 7.68. The average Bonchev–Trinajstić information content (AvgIpc) is 2.87. The minimum absolute atomic E-state index is 0.274. The lowest BCUT2D eigenvalue weighted by atomic mass is 9.87. The van der Waals surface area contributed by atoms with Gasteiger partial charge in [-0.2, -0.15) is 0 Å². The van der Waals surface area contributed by atoms with Crippen molar-refractivity contribution >= 4 is 17.5 Å². The van der Waals surface area contributed by atoms with Crippen LogP contribution in [0.4, 0.5) is 5.69 Å². The largest absolute Gasteiger partial charge is 0.493 e. The summed E-state index contributed by atoms with van der Waals surface area (Å²) in [6.45, 7) is 7.42. The molecule has 34 heavy (non-hydrogen) atoms. The van der Waals surface area contributed by atoms with Crippen LogP contribution in [-0.4, -0.2) is 52.9 Å². The molecule has 0 aliphatic carbocycles. The minimum Gasteiger partial charge on any atom is -0.493 e. The van der Waals surface area contributed by atoms with Crippen molar-refractivity contribution in [2.75, 3.05) is 39.9 Å². The van der Waals surface area contributed by atoms with E-state index in [0.717, 1.165) is 11.6 Å². The number of nitrogens with zero attached hydrogens (tertiary/aromatic N) is 1. The maximum atomic E-state index is 13.2. The standard InChI is InChI=1S/C25H28N2O7/c1-7-11-34-18-12-15(9-10-17(18)30-3)23-22(26-21(28)8-2)25(29)27(23)16-13-19(31-4)24(33-6)20(14-16)32-5/h7-10,12-14,22-23H,1-2,11H2,3-6H3,(H,26,28)/t22-,23-/m0/s1. The van der Waals surface area contributed by atoms with E-state index in [2.05, 4.69) is 18.5 Å². The number of methoxy groups -OCH3 is 4. The summed E-state index contributed by atoms with van der Waals surface area (Å²) in [5, 5.41) is 2.71. The zero-order valence-corrected chi connectivity index (χ0v) is 19.6. The minimum atomic E-state index is -0.815. The first-order valence-electron chi connectivity index (χ1n) is 10.4. The average molecular weight is 469 g/mol. The molecular weight excluding hydrogens is 440 g/mol. The number of amides is 2. The second-order valence-electron chi connectivity index (χ2n) is 7.24. The molecule has 2 amide bonds. The van der Waals surface area contributed by atoms with Crippen molar-refractivity contribution in [2.24, 2.45) is 0 Å². The molecule has 1 fully saturated rings. The lowest BCUT2D eigenvalue weighted by molar-refractivity contribution is -0.131. The number of β-lactam (4-membered cyclic amide) rings is 1. The van der Waals surface area contributed by atoms with Crippen LogP contribution in [0.25, 0.3) is 0 Å². The van der Waals surface area contributed by atoms with E-state index in [0.29, 0.717) is 34.4 Å². The van der Waals surface area contributed by atoms with E-state index in [-0.39, 0.29) is 12.5 Å². The van der Waals surface area contributed by atoms with Crippen molar-refractivity contribution < 1.29 is 33.3 Å². The molecule has 0 aromatic heterocycles. The monoisotopic (exact) mass is 468 g/mol. The fourth-order valence-corrected chi connectivity index (χ4v) is 3.82. The second-order valence-corrected chi connectivity index (χ2v) is 7.24. The molecule has 0 bridgehead atoms. The lowest BCUT2D eigenvalue weighted by Crippen LogP contribution is -2.65. The Morgan fingerprint density at radius 3 is 2.15 bits per heavy atom. The third kappa shape index (κ3) is 4.50. The normalized spacial score (nSPS) is 16.7. The van der Waals surface area contributed by atoms with Gasteiger partial charge in [0.2, 0.25) is 11.7 Å². The molecule has 1 aliphatic rings. The van der Waals surface area contributed by atoms with Gasteiger partial charge < -0.3 is 33.9 Å². The number of hydrogen-bond acceptors (Lipinski definition) is 7. The van der Waals surface area contributed by atoms with Crippen LogP contribution in [0.3, 0.4) is 0 Å². The number of hydrogen-bond donors (Lipinski definition) is 1. The van der Waals surface area contributed by atoms with Gasteiger partial charge in [0.25, 0.3) is 5.91 Å². The molecule has 2 aromatic rings. The van der Waals surface area contributed by atoms with Gasteiger partial charge in [-0.3, -0.25) is 9.59 Å². The molecule has 2 aromatic carbocycles. The van der Waals surface area contributed by atoms with Gasteiger partial charge in [-0.1, -0.05) is 25.3 Å². The molecule has 180 valence electrons. The number of anilines is 1. The molecule has 1 heterocycles. The highest BCUT2D eigenvalue weighted by atomic mass is 16.5. The van der Waals surface area contributed by atoms with Crippen LogP contribution in [0.5, 0.6) is 28.7 Å². The zero-order valence-electron chi connectivity index (χ0n) is 19.6. The van der Waals surface area contributed by atoms with Gasteiger partial charge in [0, 0.05) is 12.1 Å². The maximum Gasteiger partial charge on any atom is 0.252 e. The third-order valence-corrected chi connectivity index (χ3v) is 5.39. The first-order valence-corrected chi connectivity index (χ1v) is 10.4. The summed E-state index contributed by atoms with van der Waals surface area (Å²) < 4.78 is 27.4. The SMILES string of the molecule is C=CCOc1cc([C@H]2[C@H](NC(=O)C=C)C(=O)N2c2cc(OC)c(OC)c(OC)c2)ccc1OC. The Labute approximate surface area is 198 Å². The molecule has 0 spiro atoms. The van der Waals surface area contributed by atoms with Crippen LogP contribution in [0.1, 0.15) is 11.6 Å². The summed E-state index contributed by atoms with van der Waals surface area (Å²) in [4.78, 5) is 26.8. The van der Waals surface area contributed by atoms with Crippen molar-refractivity contribution in [2.45, 2.75) is 12.1 Å². The molecule has 0 saturated carbocycles. The number of ether oxygens (including phenoxy) is 5. The van der Waals surface area contributed by atoms with E-state index in [1.807, 2.05) is 6.07 Å². The van der Waals surface area contributed by atoms with Crippen molar-refractivity contribution in [1.82, 2.24) is 5.32 Å². The summed E-state index contributed by atoms with van der Waals surface area (Å²) in [6.07, 6.45) is 2.74. The fourth-order valence-electron chi connectivity index (χ4n) is 3.82. The first-order chi connectivity index (χ1) is 16.4. The number of carbonyl (C=O) groups excluding carboxylic acids is 2. The Morgan fingerprint density at radius 1 is 0.971 bits per heavy atom. The molecule has 1 N–H and O–H groups in total. The van der Waals surface area contributed by atoms with Crippen molar-refractivity contribution in [1.29, 1.82) is 0 Å². The van der Waals surface area contributed by atoms with E-state index in [4.69, 9.17) is 23.7 Å². The quantitative estimate of drug-likeness (QED) is 0.308. The van der Waals surface area contributed by atoms with E-state index in [1.54, 1.807) is 35.2 Å². The Morgan fingerprint density at radius 2 is 1.62 bits per heavy atom. The summed E-state index contributed by atoms with van der Waals surface area (Å²) in [6, 6.07) is 7.33. The van der Waals surface area contributed by atoms with E-state index >= 15 is 0 Å². The van der Waals surface area contributed by atoms with Crippen molar-refractivity contribution in [3.63, 3.8) is 0 Å². The predicted octanol–water partition coefficient (Wildman–Crippen LogP) is 3.04. The molecule has 1 saturated heterocycles. The van der Waals surface area contributed by atoms with Crippen LogP contribution in [-0.2, 0) is 9.59 Å². The lowest BCUT2D eigenvalue weighted by Gasteiger charge is -2.47. The molecular formula is C25H28N2O7. The van der Waals surface area contributed by atoms with E-state index in [9.17, 15) is 9.59 Å². The van der Waals surface area contributed by atoms with Crippen LogP contribution in [0, 0.1) is 0 Å². The number of carbonyl (C=O) groups is 2. The highest BCUT2D eigenvalue weighted by molar-refractivity contribution is 6.08. The zero-order chi connectivity index (χ0) is 24.8. The van der Waals surface area contributed by atoms with Gasteiger partial charge in [0.05, 0.1) is 40.2 Å². The molecule has 9 heteroatoms. The van der Waals surface area contributed by atoms with Crippen molar-refractivity contribution in [3.05, 3.63) is 61.2 Å². The summed E-state index contributed by atoms with van der Waals surface area (Å²) >= 11 is 0. The van der Waals surface area contributed by atoms with Gasteiger partial charge in [-0.05, 0) is 23.8 Å². The highest BCUT2D eigenvalue weighted by Crippen LogP contribution is 2.47. The maximum absolute atomic E-state index is 13.2. The molecule has 2 atom stereocenters. The van der Waals surface area contributed by atoms with Crippen LogP contribution in [0.15, 0.2) is 55.6 Å². The second kappa shape index (κ2) is 10.7. The molecule has 9 nitrogen and oxygen atoms in total. The molecule has 1 aliphatic heterocycles. The molecule has 3 rings (SSSR count). The first kappa shape index (κ1) is 24.5. The van der Waals surface area contributed by atoms with E-state index in [1.165, 1.54) is 28.4 Å². The van der Waals surface area contributed by atoms with Crippen molar-refractivity contribution in [3.8, 4) is 28.7 Å². The molecule has 0 unspecified atom stereocenters. The van der Waals surface area contributed by atoms with Crippen LogP contribution in [0.2, 0.25) is 0 Å². The van der Waals surface area contributed by atoms with Gasteiger partial charge in [0.1, 0.15) is 12.6 Å². The molecule has 0 radical (unpaired) electrons. The summed E-state index contributed by atoms with van der Waals surface area (Å²) in [5.74, 6) is 1.45. The van der Waals surface area contributed by atoms with Gasteiger partial charge in [-0.15, -0.1) is 0 Å². The topological polar surface area (TPSA) is 95.6 Å². The fraction of sp³-hybridized carbons (Fsp3) is 0.280. The summed E-state index contributed by atoms with van der Waals surface area (Å²) in [5.41, 5.74) is 1.24. The predicted molar refractivity (Wildman–Crippen MR) is 127 cm³/mol. The van der Waals surface area contributed by atoms with Crippen LogP contribution >= 0.6 is 0 Å². The Balaban J connectivity index is 2.11. The number of rotatable bonds is 11. The number of nitrogens with one attached hydrogen (secondary N) is 1. The highest BCUT2D eigenvalue weighted by Gasteiger charge is 2.50.